The monoisotopic (exact) mass is 630 g/mol. The van der Waals surface area contributed by atoms with E-state index < -0.39 is 26.1 Å². The number of hydrogen-bond donors (Lipinski definition) is 2. The molecule has 13 heteroatoms. The van der Waals surface area contributed by atoms with Gasteiger partial charge in [-0.15, -0.1) is 12.4 Å². The summed E-state index contributed by atoms with van der Waals surface area (Å²) >= 11 is 0. The lowest BCUT2D eigenvalue weighted by Crippen LogP contribution is -2.50. The van der Waals surface area contributed by atoms with E-state index in [0.29, 0.717) is 23.1 Å². The Morgan fingerprint density at radius 1 is 1.14 bits per heavy atom. The van der Waals surface area contributed by atoms with Crippen LogP contribution in [0.15, 0.2) is 53.6 Å². The quantitative estimate of drug-likeness (QED) is 0.149. The molecular weight excluding hydrogens is 596 g/mol. The minimum atomic E-state index is -3.89. The number of benzene rings is 2. The van der Waals surface area contributed by atoms with Gasteiger partial charge in [-0.1, -0.05) is 24.0 Å². The Labute approximate surface area is 256 Å². The van der Waals surface area contributed by atoms with Crippen LogP contribution in [0.5, 0.6) is 0 Å². The predicted octanol–water partition coefficient (Wildman–Crippen LogP) is 2.05. The maximum absolute atomic E-state index is 13.0. The highest BCUT2D eigenvalue weighted by atomic mass is 35.5. The van der Waals surface area contributed by atoms with Crippen molar-refractivity contribution in [1.29, 1.82) is 0 Å². The molecule has 3 aromatic rings. The number of halogens is 1. The van der Waals surface area contributed by atoms with Gasteiger partial charge in [-0.05, 0) is 76.2 Å². The maximum Gasteiger partial charge on any atom is 0.320 e. The van der Waals surface area contributed by atoms with Crippen LogP contribution in [-0.2, 0) is 36.1 Å². The molecule has 0 radical (unpaired) electrons. The highest BCUT2D eigenvalue weighted by molar-refractivity contribution is 7.92. The van der Waals surface area contributed by atoms with Crippen molar-refractivity contribution in [3.63, 3.8) is 0 Å². The molecule has 230 valence electrons. The summed E-state index contributed by atoms with van der Waals surface area (Å²) in [5, 5.41) is 9.32. The Morgan fingerprint density at radius 3 is 2.35 bits per heavy atom. The first-order chi connectivity index (χ1) is 19.8. The van der Waals surface area contributed by atoms with Crippen molar-refractivity contribution in [3.05, 3.63) is 75.8 Å². The zero-order valence-corrected chi connectivity index (χ0v) is 26.0. The molecule has 1 amide bonds. The van der Waals surface area contributed by atoms with Crippen molar-refractivity contribution in [1.82, 2.24) is 19.9 Å². The molecule has 1 saturated carbocycles. The second kappa shape index (κ2) is 13.3. The molecule has 0 unspecified atom stereocenters. The molecule has 0 aliphatic heterocycles. The van der Waals surface area contributed by atoms with E-state index in [4.69, 9.17) is 9.94 Å². The zero-order valence-electron chi connectivity index (χ0n) is 24.4. The molecule has 0 saturated heterocycles. The second-order valence-electron chi connectivity index (χ2n) is 11.2. The Hall–Kier alpha value is -3.76. The number of fused-ring (bicyclic) bond motifs is 1. The second-order valence-corrected chi connectivity index (χ2v) is 13.6. The minimum absolute atomic E-state index is 0. The lowest BCUT2D eigenvalue weighted by atomic mass is 9.96. The fourth-order valence-corrected chi connectivity index (χ4v) is 5.40. The van der Waals surface area contributed by atoms with E-state index >= 15 is 0 Å². The first-order valence-corrected chi connectivity index (χ1v) is 15.2. The average Bonchev–Trinajstić information content (AvgIpc) is 3.74. The summed E-state index contributed by atoms with van der Waals surface area (Å²) in [7, 11) is -0.247. The van der Waals surface area contributed by atoms with Gasteiger partial charge >= 0.3 is 5.97 Å². The van der Waals surface area contributed by atoms with Gasteiger partial charge in [0.2, 0.25) is 0 Å². The molecule has 1 atom stereocenters. The van der Waals surface area contributed by atoms with Crippen LogP contribution in [0.25, 0.3) is 10.9 Å². The number of aryl methyl sites for hydroxylation is 1. The zero-order chi connectivity index (χ0) is 30.7. The first-order valence-electron chi connectivity index (χ1n) is 13.3. The molecule has 0 bridgehead atoms. The molecule has 2 aromatic carbocycles. The number of aromatic nitrogens is 2. The molecule has 1 fully saturated rings. The van der Waals surface area contributed by atoms with Gasteiger partial charge in [-0.25, -0.2) is 18.9 Å². The van der Waals surface area contributed by atoms with Gasteiger partial charge in [0, 0.05) is 29.3 Å². The van der Waals surface area contributed by atoms with Gasteiger partial charge < -0.3 is 4.74 Å². The summed E-state index contributed by atoms with van der Waals surface area (Å²) in [6.07, 6.45) is 3.89. The standard InChI is InChI=1S/C30H34N4O7S.ClH/c1-29(28(37)32-38,42(4,39)40)15-16-34-20-31-25-17-22(9-12-24(25)27(34)36)6-5-21-7-10-23(11-8-21)30(13-14-30)19-41-26(35)18-33(2)3;/h7-12,17,20,38H,13-16,18-19H2,1-4H3,(H,32,37);1H/t29-;/m1./s1. The SMILES string of the molecule is CN(C)CC(=O)OCC1(c2ccc(C#Cc3ccc4c(=O)n(CC[C@](C)(C(=O)NO)S(C)(=O)=O)cnc4c3)cc2)CC1.Cl. The topological polar surface area (TPSA) is 148 Å². The highest BCUT2D eigenvalue weighted by Gasteiger charge is 2.45. The van der Waals surface area contributed by atoms with Gasteiger partial charge in [-0.3, -0.25) is 29.1 Å². The van der Waals surface area contributed by atoms with Crippen molar-refractivity contribution < 1.29 is 28.0 Å². The summed E-state index contributed by atoms with van der Waals surface area (Å²) in [6, 6.07) is 12.9. The Morgan fingerprint density at radius 2 is 1.77 bits per heavy atom. The third-order valence-electron chi connectivity index (χ3n) is 7.71. The van der Waals surface area contributed by atoms with E-state index in [2.05, 4.69) is 16.8 Å². The average molecular weight is 631 g/mol. The summed E-state index contributed by atoms with van der Waals surface area (Å²) in [5.41, 5.74) is 3.89. The number of ether oxygens (including phenoxy) is 1. The summed E-state index contributed by atoms with van der Waals surface area (Å²) in [5.74, 6) is 4.91. The predicted molar refractivity (Wildman–Crippen MR) is 164 cm³/mol. The van der Waals surface area contributed by atoms with Crippen molar-refractivity contribution in [2.75, 3.05) is 33.5 Å². The lowest BCUT2D eigenvalue weighted by Gasteiger charge is -2.25. The number of hydroxylamine groups is 1. The minimum Gasteiger partial charge on any atom is -0.464 e. The first kappa shape index (κ1) is 33.7. The lowest BCUT2D eigenvalue weighted by molar-refractivity contribution is -0.145. The van der Waals surface area contributed by atoms with E-state index in [1.54, 1.807) is 23.1 Å². The molecule has 1 heterocycles. The number of nitrogens with one attached hydrogen (secondary N) is 1. The fourth-order valence-electron chi connectivity index (χ4n) is 4.56. The summed E-state index contributed by atoms with van der Waals surface area (Å²) in [6.45, 7) is 1.71. The van der Waals surface area contributed by atoms with Crippen LogP contribution in [-0.4, -0.2) is 78.2 Å². The molecule has 1 aliphatic rings. The molecule has 43 heavy (non-hydrogen) atoms. The van der Waals surface area contributed by atoms with E-state index in [1.165, 1.54) is 23.3 Å². The van der Waals surface area contributed by atoms with E-state index in [-0.39, 0.29) is 43.3 Å². The van der Waals surface area contributed by atoms with Gasteiger partial charge in [0.05, 0.1) is 23.8 Å². The fraction of sp³-hybridized carbons (Fsp3) is 0.400. The largest absolute Gasteiger partial charge is 0.464 e. The summed E-state index contributed by atoms with van der Waals surface area (Å²) < 4.78 is 29.2. The van der Waals surface area contributed by atoms with Crippen LogP contribution in [0, 0.1) is 11.8 Å². The third-order valence-corrected chi connectivity index (χ3v) is 9.74. The molecule has 11 nitrogen and oxygen atoms in total. The molecule has 2 N–H and O–H groups in total. The van der Waals surface area contributed by atoms with Crippen molar-refractivity contribution >= 4 is 45.0 Å². The molecular formula is C30H35ClN4O7S. The number of esters is 1. The number of hydrogen-bond acceptors (Lipinski definition) is 9. The number of rotatable bonds is 10. The van der Waals surface area contributed by atoms with Gasteiger partial charge in [-0.2, -0.15) is 0 Å². The van der Waals surface area contributed by atoms with Crippen LogP contribution in [0.2, 0.25) is 0 Å². The smallest absolute Gasteiger partial charge is 0.320 e. The maximum atomic E-state index is 13.0. The Kier molecular flexibility index (Phi) is 10.4. The van der Waals surface area contributed by atoms with Crippen molar-refractivity contribution in [3.8, 4) is 11.8 Å². The van der Waals surface area contributed by atoms with Crippen molar-refractivity contribution in [2.45, 2.75) is 42.9 Å². The number of amides is 1. The third kappa shape index (κ3) is 7.61. The Bertz CT molecular complexity index is 1740. The number of carbonyl (C=O) groups excluding carboxylic acids is 2. The van der Waals surface area contributed by atoms with Crippen LogP contribution >= 0.6 is 12.4 Å². The van der Waals surface area contributed by atoms with Crippen LogP contribution < -0.4 is 11.0 Å². The van der Waals surface area contributed by atoms with E-state index in [9.17, 15) is 22.8 Å². The highest BCUT2D eigenvalue weighted by Crippen LogP contribution is 2.48. The van der Waals surface area contributed by atoms with E-state index in [1.807, 2.05) is 38.4 Å². The normalized spacial score (nSPS) is 15.0. The van der Waals surface area contributed by atoms with Gasteiger partial charge in [0.1, 0.15) is 6.61 Å². The summed E-state index contributed by atoms with van der Waals surface area (Å²) in [4.78, 5) is 43.1. The van der Waals surface area contributed by atoms with E-state index in [0.717, 1.165) is 30.2 Å². The van der Waals surface area contributed by atoms with Crippen LogP contribution in [0.3, 0.4) is 0 Å². The molecule has 4 rings (SSSR count). The van der Waals surface area contributed by atoms with Gasteiger partial charge in [0.15, 0.2) is 14.6 Å². The van der Waals surface area contributed by atoms with Crippen LogP contribution in [0.1, 0.15) is 42.9 Å². The number of carbonyl (C=O) groups is 2. The number of sulfone groups is 1. The number of nitrogens with zero attached hydrogens (tertiary/aromatic N) is 3. The van der Waals surface area contributed by atoms with Crippen LogP contribution in [0.4, 0.5) is 0 Å². The Balaban J connectivity index is 0.00000506. The number of likely N-dealkylation sites (N-methyl/N-ethyl adjacent to an activating group) is 1. The van der Waals surface area contributed by atoms with Gasteiger partial charge in [0.25, 0.3) is 11.5 Å². The van der Waals surface area contributed by atoms with Crippen molar-refractivity contribution in [2.24, 2.45) is 0 Å². The molecule has 1 aliphatic carbocycles. The molecule has 0 spiro atoms. The molecule has 1 aromatic heterocycles.